The van der Waals surface area contributed by atoms with Crippen LogP contribution in [0.25, 0.3) is 0 Å². The standard InChI is InChI=1S/C16H18N4.Au.F6P/c1-2-8-16(20-12-14-6-4-10-18-14)15(7-1)19-11-13-5-3-9-17-13;;1-7(2,3,4,5)6/h3-6,9-12,15-16H,1-2,7-8H2;;/q-2;+3;-1/t15-,16-;;/m0../s1. The number of aliphatic imine (C=N–C) groups is 2. The Morgan fingerprint density at radius 2 is 1.14 bits per heavy atom. The van der Waals surface area contributed by atoms with E-state index in [0.717, 1.165) is 24.2 Å². The van der Waals surface area contributed by atoms with Gasteiger partial charge in [0.05, 0.1) is 12.1 Å². The van der Waals surface area contributed by atoms with E-state index in [-0.39, 0.29) is 34.5 Å². The predicted molar refractivity (Wildman–Crippen MR) is 94.3 cm³/mol. The summed E-state index contributed by atoms with van der Waals surface area (Å²) < 4.78 is 59.2. The topological polar surface area (TPSA) is 52.9 Å². The summed E-state index contributed by atoms with van der Waals surface area (Å²) in [7, 11) is -10.7. The van der Waals surface area contributed by atoms with Crippen LogP contribution in [-0.2, 0) is 22.4 Å². The first-order chi connectivity index (χ1) is 12.4. The van der Waals surface area contributed by atoms with Gasteiger partial charge >= 0.3 is 55.4 Å². The molecule has 0 aromatic carbocycles. The zero-order valence-electron chi connectivity index (χ0n) is 14.4. The Balaban J connectivity index is 0.000000425. The number of hydrogen-bond donors (Lipinski definition) is 0. The molecule has 4 nitrogen and oxygen atoms in total. The molecule has 2 heterocycles. The third kappa shape index (κ3) is 12.2. The molecule has 1 fully saturated rings. The second-order valence-electron chi connectivity index (χ2n) is 6.06. The van der Waals surface area contributed by atoms with Crippen LogP contribution in [0.1, 0.15) is 37.1 Å². The molecular formula is C16H18AuF6N4P. The Hall–Kier alpha value is -1.35. The summed E-state index contributed by atoms with van der Waals surface area (Å²) in [6.45, 7) is 0. The molecule has 1 saturated carbocycles. The number of nitrogens with zero attached hydrogens (tertiary/aromatic N) is 4. The second-order valence-corrected chi connectivity index (χ2v) is 7.97. The van der Waals surface area contributed by atoms with Gasteiger partial charge in [0, 0.05) is 12.4 Å². The first-order valence-electron chi connectivity index (χ1n) is 8.15. The maximum atomic E-state index is 9.87. The molecule has 0 aliphatic heterocycles. The molecule has 0 unspecified atom stereocenters. The Bertz CT molecular complexity index is 693. The molecule has 160 valence electrons. The Kier molecular flexibility index (Phi) is 7.92. The minimum Gasteiger partial charge on any atom is 3.00 e. The number of halogens is 6. The van der Waals surface area contributed by atoms with Crippen molar-refractivity contribution in [2.75, 3.05) is 0 Å². The Labute approximate surface area is 173 Å². The van der Waals surface area contributed by atoms with Gasteiger partial charge in [-0.2, -0.15) is 12.4 Å². The van der Waals surface area contributed by atoms with E-state index >= 15 is 0 Å². The molecule has 0 amide bonds. The van der Waals surface area contributed by atoms with Crippen LogP contribution in [0, 0.1) is 0 Å². The molecule has 0 N–H and O–H groups in total. The van der Waals surface area contributed by atoms with E-state index in [4.69, 9.17) is 0 Å². The fourth-order valence-corrected chi connectivity index (χ4v) is 2.56. The average Bonchev–Trinajstić information content (AvgIpc) is 3.22. The Morgan fingerprint density at radius 1 is 0.786 bits per heavy atom. The van der Waals surface area contributed by atoms with Crippen LogP contribution in [0.4, 0.5) is 25.2 Å². The van der Waals surface area contributed by atoms with Gasteiger partial charge in [-0.15, -0.1) is 11.4 Å². The molecule has 0 bridgehead atoms. The maximum Gasteiger partial charge on any atom is 3.00 e. The van der Waals surface area contributed by atoms with E-state index < -0.39 is 7.81 Å². The van der Waals surface area contributed by atoms with Gasteiger partial charge in [0.1, 0.15) is 0 Å². The smallest absolute Gasteiger partial charge is 3.00 e. The summed E-state index contributed by atoms with van der Waals surface area (Å²) in [6, 6.07) is 8.34. The van der Waals surface area contributed by atoms with E-state index in [2.05, 4.69) is 20.0 Å². The summed E-state index contributed by atoms with van der Waals surface area (Å²) in [4.78, 5) is 17.8. The number of aromatic nitrogens is 2. The molecule has 2 aromatic heterocycles. The van der Waals surface area contributed by atoms with Crippen LogP contribution in [0.2, 0.25) is 0 Å². The number of rotatable bonds is 4. The molecular weight excluding hydrogens is 590 g/mol. The summed E-state index contributed by atoms with van der Waals surface area (Å²) in [5, 5.41) is 0. The maximum absolute atomic E-state index is 10.7. The fraction of sp³-hybridized carbons (Fsp3) is 0.375. The van der Waals surface area contributed by atoms with Crippen LogP contribution in [0.5, 0.6) is 0 Å². The predicted octanol–water partition coefficient (Wildman–Crippen LogP) is 5.83. The van der Waals surface area contributed by atoms with Gasteiger partial charge in [-0.05, 0) is 12.8 Å². The molecule has 0 radical (unpaired) electrons. The molecule has 0 spiro atoms. The van der Waals surface area contributed by atoms with E-state index in [1.54, 1.807) is 12.4 Å². The van der Waals surface area contributed by atoms with Crippen molar-refractivity contribution in [2.45, 2.75) is 37.8 Å². The van der Waals surface area contributed by atoms with E-state index in [1.165, 1.54) is 12.8 Å². The van der Waals surface area contributed by atoms with Crippen molar-refractivity contribution >= 4 is 20.2 Å². The van der Waals surface area contributed by atoms with Crippen molar-refractivity contribution in [1.29, 1.82) is 0 Å². The monoisotopic (exact) mass is 608 g/mol. The summed E-state index contributed by atoms with van der Waals surface area (Å²) in [6.07, 6.45) is 12.0. The zero-order valence-corrected chi connectivity index (χ0v) is 17.5. The molecule has 1 aliphatic carbocycles. The first kappa shape index (κ1) is 24.7. The fourth-order valence-electron chi connectivity index (χ4n) is 2.56. The van der Waals surface area contributed by atoms with Gasteiger partial charge in [-0.3, -0.25) is 9.98 Å². The van der Waals surface area contributed by atoms with Gasteiger partial charge in [0.2, 0.25) is 0 Å². The van der Waals surface area contributed by atoms with Crippen molar-refractivity contribution in [3.63, 3.8) is 0 Å². The van der Waals surface area contributed by atoms with Crippen LogP contribution < -0.4 is 9.97 Å². The molecule has 2 atom stereocenters. The largest absolute Gasteiger partial charge is 3.00 e. The van der Waals surface area contributed by atoms with Crippen molar-refractivity contribution in [2.24, 2.45) is 9.98 Å². The minimum atomic E-state index is -10.7. The molecule has 2 aromatic rings. The van der Waals surface area contributed by atoms with Gasteiger partial charge in [-0.1, -0.05) is 37.1 Å². The third-order valence-corrected chi connectivity index (χ3v) is 3.64. The first-order valence-corrected chi connectivity index (χ1v) is 10.2. The van der Waals surface area contributed by atoms with E-state index in [0.29, 0.717) is 0 Å². The molecule has 3 rings (SSSR count). The van der Waals surface area contributed by atoms with Crippen molar-refractivity contribution in [3.8, 4) is 0 Å². The third-order valence-electron chi connectivity index (χ3n) is 3.64. The van der Waals surface area contributed by atoms with E-state index in [1.807, 2.05) is 36.7 Å². The molecule has 1 aliphatic rings. The summed E-state index contributed by atoms with van der Waals surface area (Å²) in [5.41, 5.74) is 1.85. The SMILES string of the molecule is C(=N[C@H]1CCCC[C@@H]1N=Cc1ccc[n-]1)c1ccc[n-]1.F[P-](F)(F)(F)(F)F.[Au+3]. The zero-order chi connectivity index (χ0) is 20.0. The van der Waals surface area contributed by atoms with Crippen LogP contribution >= 0.6 is 7.81 Å². The van der Waals surface area contributed by atoms with Crippen molar-refractivity contribution in [3.05, 3.63) is 48.0 Å². The van der Waals surface area contributed by atoms with Gasteiger partial charge in [0.15, 0.2) is 0 Å². The molecule has 12 heteroatoms. The van der Waals surface area contributed by atoms with Crippen LogP contribution in [-0.4, -0.2) is 24.5 Å². The summed E-state index contributed by atoms with van der Waals surface area (Å²) >= 11 is 0. The Morgan fingerprint density at radius 3 is 1.43 bits per heavy atom. The molecule has 0 saturated heterocycles. The van der Waals surface area contributed by atoms with Crippen LogP contribution in [0.15, 0.2) is 46.6 Å². The normalized spacial score (nSPS) is 22.8. The van der Waals surface area contributed by atoms with Crippen molar-refractivity contribution < 1.29 is 47.6 Å². The van der Waals surface area contributed by atoms with Gasteiger partial charge in [-0.25, -0.2) is 0 Å². The van der Waals surface area contributed by atoms with Crippen LogP contribution in [0.3, 0.4) is 0 Å². The van der Waals surface area contributed by atoms with Crippen molar-refractivity contribution in [1.82, 2.24) is 9.97 Å². The van der Waals surface area contributed by atoms with Gasteiger partial charge < -0.3 is 9.97 Å². The minimum absolute atomic E-state index is 0. The molecule has 28 heavy (non-hydrogen) atoms. The number of hydrogen-bond acceptors (Lipinski definition) is 2. The van der Waals surface area contributed by atoms with E-state index in [9.17, 15) is 25.2 Å². The summed E-state index contributed by atoms with van der Waals surface area (Å²) in [5.74, 6) is 0. The quantitative estimate of drug-likeness (QED) is 0.190. The second kappa shape index (κ2) is 8.98. The average molecular weight is 608 g/mol. The van der Waals surface area contributed by atoms with Gasteiger partial charge in [0.25, 0.3) is 0 Å².